The van der Waals surface area contributed by atoms with E-state index in [1.54, 1.807) is 0 Å². The first-order valence-electron chi connectivity index (χ1n) is 8.50. The van der Waals surface area contributed by atoms with Gasteiger partial charge in [0.05, 0.1) is 0 Å². The van der Waals surface area contributed by atoms with E-state index in [0.29, 0.717) is 12.5 Å². The van der Waals surface area contributed by atoms with E-state index in [-0.39, 0.29) is 0 Å². The highest BCUT2D eigenvalue weighted by molar-refractivity contribution is 4.73. The van der Waals surface area contributed by atoms with Gasteiger partial charge in [-0.3, -0.25) is 0 Å². The summed E-state index contributed by atoms with van der Waals surface area (Å²) in [5.74, 6) is 3.15. The van der Waals surface area contributed by atoms with E-state index in [1.165, 1.54) is 57.8 Å². The van der Waals surface area contributed by atoms with Crippen LogP contribution in [0.4, 0.5) is 0 Å². The molecule has 0 bridgehead atoms. The van der Waals surface area contributed by atoms with Crippen molar-refractivity contribution in [3.05, 3.63) is 0 Å². The van der Waals surface area contributed by atoms with Crippen LogP contribution in [0.25, 0.3) is 0 Å². The minimum atomic E-state index is 0.383. The van der Waals surface area contributed by atoms with E-state index in [9.17, 15) is 0 Å². The van der Waals surface area contributed by atoms with E-state index in [0.717, 1.165) is 31.0 Å². The Kier molecular flexibility index (Phi) is 6.66. The second kappa shape index (κ2) is 8.26. The standard InChI is InChI=1S/C17H32O2/c1-2-14-3-7-16(8-4-14)12-19-13-17-9-5-15(11-18)6-10-17/h14-18H,2-13H2,1H3. The summed E-state index contributed by atoms with van der Waals surface area (Å²) in [6, 6.07) is 0. The Hall–Kier alpha value is -0.0800. The zero-order valence-electron chi connectivity index (χ0n) is 12.7. The summed E-state index contributed by atoms with van der Waals surface area (Å²) >= 11 is 0. The summed E-state index contributed by atoms with van der Waals surface area (Å²) in [7, 11) is 0. The van der Waals surface area contributed by atoms with Crippen molar-refractivity contribution >= 4 is 0 Å². The third kappa shape index (κ3) is 5.07. The van der Waals surface area contributed by atoms with Gasteiger partial charge in [0, 0.05) is 19.8 Å². The first-order valence-corrected chi connectivity index (χ1v) is 8.50. The molecular formula is C17H32O2. The first-order chi connectivity index (χ1) is 9.31. The van der Waals surface area contributed by atoms with Crippen LogP contribution in [-0.4, -0.2) is 24.9 Å². The van der Waals surface area contributed by atoms with Crippen molar-refractivity contribution in [3.63, 3.8) is 0 Å². The minimum Gasteiger partial charge on any atom is -0.396 e. The van der Waals surface area contributed by atoms with E-state index in [2.05, 4.69) is 6.92 Å². The molecule has 0 heterocycles. The van der Waals surface area contributed by atoms with Crippen LogP contribution in [-0.2, 0) is 4.74 Å². The third-order valence-electron chi connectivity index (χ3n) is 5.48. The lowest BCUT2D eigenvalue weighted by Gasteiger charge is -2.30. The molecule has 0 amide bonds. The highest BCUT2D eigenvalue weighted by Crippen LogP contribution is 2.32. The van der Waals surface area contributed by atoms with Crippen LogP contribution < -0.4 is 0 Å². The smallest absolute Gasteiger partial charge is 0.0494 e. The normalized spacial score (nSPS) is 36.3. The Morgan fingerprint density at radius 1 is 0.737 bits per heavy atom. The van der Waals surface area contributed by atoms with Gasteiger partial charge < -0.3 is 9.84 Å². The molecular weight excluding hydrogens is 236 g/mol. The first kappa shape index (κ1) is 15.3. The number of aliphatic hydroxyl groups is 1. The van der Waals surface area contributed by atoms with Crippen molar-refractivity contribution in [2.45, 2.75) is 64.7 Å². The van der Waals surface area contributed by atoms with Gasteiger partial charge in [0.15, 0.2) is 0 Å². The van der Waals surface area contributed by atoms with Gasteiger partial charge in [-0.2, -0.15) is 0 Å². The van der Waals surface area contributed by atoms with Gasteiger partial charge in [-0.05, 0) is 62.2 Å². The van der Waals surface area contributed by atoms with E-state index in [1.807, 2.05) is 0 Å². The van der Waals surface area contributed by atoms with Gasteiger partial charge in [-0.1, -0.05) is 26.2 Å². The van der Waals surface area contributed by atoms with E-state index < -0.39 is 0 Å². The lowest BCUT2D eigenvalue weighted by molar-refractivity contribution is 0.0377. The van der Waals surface area contributed by atoms with Crippen LogP contribution in [0.2, 0.25) is 0 Å². The molecule has 2 nitrogen and oxygen atoms in total. The van der Waals surface area contributed by atoms with Crippen LogP contribution in [0, 0.1) is 23.7 Å². The summed E-state index contributed by atoms with van der Waals surface area (Å²) < 4.78 is 5.99. The predicted octanol–water partition coefficient (Wildman–Crippen LogP) is 4.02. The Bertz CT molecular complexity index is 201. The molecule has 2 saturated carbocycles. The SMILES string of the molecule is CCC1CCC(COCC2CCC(CO)CC2)CC1. The van der Waals surface area contributed by atoms with Crippen molar-refractivity contribution in [2.75, 3.05) is 19.8 Å². The molecule has 2 rings (SSSR count). The zero-order valence-corrected chi connectivity index (χ0v) is 12.7. The van der Waals surface area contributed by atoms with E-state index in [4.69, 9.17) is 9.84 Å². The quantitative estimate of drug-likeness (QED) is 0.788. The summed E-state index contributed by atoms with van der Waals surface area (Å²) in [5, 5.41) is 9.13. The van der Waals surface area contributed by atoms with E-state index >= 15 is 0 Å². The van der Waals surface area contributed by atoms with Gasteiger partial charge in [0.2, 0.25) is 0 Å². The van der Waals surface area contributed by atoms with Crippen molar-refractivity contribution in [2.24, 2.45) is 23.7 Å². The van der Waals surface area contributed by atoms with Crippen LogP contribution >= 0.6 is 0 Å². The summed E-state index contributed by atoms with van der Waals surface area (Å²) in [6.07, 6.45) is 11.9. The lowest BCUT2D eigenvalue weighted by atomic mass is 9.81. The molecule has 19 heavy (non-hydrogen) atoms. The average Bonchev–Trinajstić information content (AvgIpc) is 2.49. The monoisotopic (exact) mass is 268 g/mol. The number of aliphatic hydroxyl groups excluding tert-OH is 1. The maximum atomic E-state index is 9.13. The van der Waals surface area contributed by atoms with Crippen LogP contribution in [0.5, 0.6) is 0 Å². The molecule has 0 saturated heterocycles. The molecule has 0 aromatic heterocycles. The molecule has 2 aliphatic carbocycles. The lowest BCUT2D eigenvalue weighted by Crippen LogP contribution is -2.23. The summed E-state index contributed by atoms with van der Waals surface area (Å²) in [4.78, 5) is 0. The molecule has 2 aliphatic rings. The van der Waals surface area contributed by atoms with Crippen molar-refractivity contribution < 1.29 is 9.84 Å². The van der Waals surface area contributed by atoms with Gasteiger partial charge in [-0.15, -0.1) is 0 Å². The Morgan fingerprint density at radius 3 is 1.58 bits per heavy atom. The van der Waals surface area contributed by atoms with Gasteiger partial charge >= 0.3 is 0 Å². The minimum absolute atomic E-state index is 0.383. The van der Waals surface area contributed by atoms with Crippen LogP contribution in [0.3, 0.4) is 0 Å². The molecule has 0 radical (unpaired) electrons. The van der Waals surface area contributed by atoms with Crippen molar-refractivity contribution in [1.82, 2.24) is 0 Å². The van der Waals surface area contributed by atoms with Crippen LogP contribution in [0.15, 0.2) is 0 Å². The molecule has 1 N–H and O–H groups in total. The molecule has 2 heteroatoms. The number of ether oxygens (including phenoxy) is 1. The fourth-order valence-corrected chi connectivity index (χ4v) is 3.79. The maximum Gasteiger partial charge on any atom is 0.0494 e. The zero-order chi connectivity index (χ0) is 13.5. The van der Waals surface area contributed by atoms with Crippen molar-refractivity contribution in [3.8, 4) is 0 Å². The number of hydrogen-bond acceptors (Lipinski definition) is 2. The average molecular weight is 268 g/mol. The molecule has 0 aromatic carbocycles. The molecule has 0 aliphatic heterocycles. The maximum absolute atomic E-state index is 9.13. The Balaban J connectivity index is 1.53. The highest BCUT2D eigenvalue weighted by atomic mass is 16.5. The molecule has 0 aromatic rings. The van der Waals surface area contributed by atoms with Gasteiger partial charge in [-0.25, -0.2) is 0 Å². The second-order valence-corrected chi connectivity index (χ2v) is 6.90. The van der Waals surface area contributed by atoms with Gasteiger partial charge in [0.1, 0.15) is 0 Å². The van der Waals surface area contributed by atoms with Crippen molar-refractivity contribution in [1.29, 1.82) is 0 Å². The predicted molar refractivity (Wildman–Crippen MR) is 79.1 cm³/mol. The highest BCUT2D eigenvalue weighted by Gasteiger charge is 2.22. The molecule has 0 atom stereocenters. The fourth-order valence-electron chi connectivity index (χ4n) is 3.79. The Morgan fingerprint density at radius 2 is 1.16 bits per heavy atom. The number of hydrogen-bond donors (Lipinski definition) is 1. The summed E-state index contributed by atoms with van der Waals surface area (Å²) in [5.41, 5.74) is 0. The molecule has 112 valence electrons. The number of rotatable bonds is 6. The van der Waals surface area contributed by atoms with Crippen LogP contribution in [0.1, 0.15) is 64.7 Å². The molecule has 0 spiro atoms. The van der Waals surface area contributed by atoms with Gasteiger partial charge in [0.25, 0.3) is 0 Å². The topological polar surface area (TPSA) is 29.5 Å². The largest absolute Gasteiger partial charge is 0.396 e. The second-order valence-electron chi connectivity index (χ2n) is 6.90. The summed E-state index contributed by atoms with van der Waals surface area (Å²) in [6.45, 7) is 4.67. The molecule has 2 fully saturated rings. The third-order valence-corrected chi connectivity index (χ3v) is 5.48. The molecule has 0 unspecified atom stereocenters. The fraction of sp³-hybridized carbons (Fsp3) is 1.00. The Labute approximate surface area is 118 Å².